The molecule has 2 bridgehead atoms. The van der Waals surface area contributed by atoms with Crippen molar-refractivity contribution in [3.05, 3.63) is 41.2 Å². The molecular formula is C16H15ClN2O2. The number of rotatable bonds is 2. The third-order valence-corrected chi connectivity index (χ3v) is 4.71. The van der Waals surface area contributed by atoms with Crippen LogP contribution in [0, 0.1) is 0 Å². The number of amides is 1. The number of carbonyl (C=O) groups excluding carboxylic acids is 1. The van der Waals surface area contributed by atoms with Gasteiger partial charge < -0.3 is 10.1 Å². The van der Waals surface area contributed by atoms with Gasteiger partial charge in [0.25, 0.3) is 5.91 Å². The van der Waals surface area contributed by atoms with E-state index < -0.39 is 0 Å². The van der Waals surface area contributed by atoms with Gasteiger partial charge in [-0.25, -0.2) is 4.98 Å². The molecule has 1 aromatic heterocycles. The van der Waals surface area contributed by atoms with Crippen molar-refractivity contribution < 1.29 is 9.53 Å². The van der Waals surface area contributed by atoms with Gasteiger partial charge >= 0.3 is 0 Å². The zero-order chi connectivity index (χ0) is 14.4. The van der Waals surface area contributed by atoms with Crippen LogP contribution < -0.4 is 5.32 Å². The second-order valence-electron chi connectivity index (χ2n) is 5.70. The minimum absolute atomic E-state index is 0.100. The van der Waals surface area contributed by atoms with E-state index in [0.29, 0.717) is 16.8 Å². The molecular weight excluding hydrogens is 288 g/mol. The van der Waals surface area contributed by atoms with Gasteiger partial charge in [0.1, 0.15) is 5.15 Å². The van der Waals surface area contributed by atoms with E-state index in [1.165, 1.54) is 0 Å². The molecule has 0 spiro atoms. The van der Waals surface area contributed by atoms with Crippen LogP contribution >= 0.6 is 11.6 Å². The molecule has 1 aromatic carbocycles. The lowest BCUT2D eigenvalue weighted by atomic mass is 9.95. The van der Waals surface area contributed by atoms with Crippen LogP contribution in [0.2, 0.25) is 5.15 Å². The van der Waals surface area contributed by atoms with Crippen molar-refractivity contribution in [2.75, 3.05) is 0 Å². The summed E-state index contributed by atoms with van der Waals surface area (Å²) in [5, 5.41) is 5.15. The predicted octanol–water partition coefficient (Wildman–Crippen LogP) is 2.94. The van der Waals surface area contributed by atoms with Crippen molar-refractivity contribution in [2.24, 2.45) is 0 Å². The van der Waals surface area contributed by atoms with Crippen LogP contribution in [0.5, 0.6) is 0 Å². The second kappa shape index (κ2) is 4.97. The van der Waals surface area contributed by atoms with Crippen molar-refractivity contribution >= 4 is 28.3 Å². The van der Waals surface area contributed by atoms with Gasteiger partial charge in [0.05, 0.1) is 23.8 Å². The number of ether oxygens (including phenoxy) is 1. The third-order valence-electron chi connectivity index (χ3n) is 4.41. The highest BCUT2D eigenvalue weighted by molar-refractivity contribution is 6.34. The number of aromatic nitrogens is 1. The molecule has 2 aliphatic heterocycles. The van der Waals surface area contributed by atoms with Crippen LogP contribution in [0.15, 0.2) is 30.5 Å². The number of hydrogen-bond acceptors (Lipinski definition) is 3. The number of nitrogens with one attached hydrogen (secondary N) is 1. The number of fused-ring (bicyclic) bond motifs is 3. The number of carbonyl (C=O) groups is 1. The molecule has 0 aliphatic carbocycles. The van der Waals surface area contributed by atoms with Crippen LogP contribution in [0.1, 0.15) is 29.6 Å². The Morgan fingerprint density at radius 1 is 1.29 bits per heavy atom. The molecule has 5 heteroatoms. The molecule has 4 nitrogen and oxygen atoms in total. The Morgan fingerprint density at radius 3 is 2.81 bits per heavy atom. The average Bonchev–Trinajstić information content (AvgIpc) is 3.10. The Hall–Kier alpha value is -1.65. The van der Waals surface area contributed by atoms with Crippen LogP contribution in [-0.4, -0.2) is 29.1 Å². The molecule has 1 N–H and O–H groups in total. The molecule has 2 aromatic rings. The monoisotopic (exact) mass is 302 g/mol. The SMILES string of the molecule is O=C(NC1CC2CCC1O2)c1cnc(Cl)c2ccccc12. The maximum Gasteiger partial charge on any atom is 0.253 e. The molecule has 3 heterocycles. The van der Waals surface area contributed by atoms with Crippen molar-refractivity contribution in [1.29, 1.82) is 0 Å². The van der Waals surface area contributed by atoms with Crippen LogP contribution in [0.4, 0.5) is 0 Å². The van der Waals surface area contributed by atoms with Gasteiger partial charge in [-0.05, 0) is 24.6 Å². The number of hydrogen-bond donors (Lipinski definition) is 1. The average molecular weight is 303 g/mol. The molecule has 21 heavy (non-hydrogen) atoms. The van der Waals surface area contributed by atoms with E-state index in [9.17, 15) is 4.79 Å². The highest BCUT2D eigenvalue weighted by Crippen LogP contribution is 2.34. The van der Waals surface area contributed by atoms with Gasteiger partial charge in [0, 0.05) is 11.6 Å². The van der Waals surface area contributed by atoms with Crippen molar-refractivity contribution in [3.8, 4) is 0 Å². The largest absolute Gasteiger partial charge is 0.373 e. The Bertz CT molecular complexity index is 718. The third kappa shape index (κ3) is 2.19. The molecule has 2 aliphatic rings. The van der Waals surface area contributed by atoms with Crippen LogP contribution in [0.3, 0.4) is 0 Å². The summed E-state index contributed by atoms with van der Waals surface area (Å²) in [6, 6.07) is 7.68. The first-order chi connectivity index (χ1) is 10.2. The molecule has 108 valence electrons. The maximum atomic E-state index is 12.6. The molecule has 0 saturated carbocycles. The van der Waals surface area contributed by atoms with Gasteiger partial charge in [0.15, 0.2) is 0 Å². The first kappa shape index (κ1) is 13.0. The van der Waals surface area contributed by atoms with E-state index in [1.54, 1.807) is 6.20 Å². The Kier molecular flexibility index (Phi) is 3.08. The van der Waals surface area contributed by atoms with E-state index in [0.717, 1.165) is 30.0 Å². The molecule has 3 atom stereocenters. The maximum absolute atomic E-state index is 12.6. The lowest BCUT2D eigenvalue weighted by molar-refractivity contribution is 0.0842. The number of nitrogens with zero attached hydrogens (tertiary/aromatic N) is 1. The highest BCUT2D eigenvalue weighted by Gasteiger charge is 2.41. The van der Waals surface area contributed by atoms with E-state index in [4.69, 9.17) is 16.3 Å². The van der Waals surface area contributed by atoms with Gasteiger partial charge in [-0.3, -0.25) is 4.79 Å². The molecule has 4 rings (SSSR count). The highest BCUT2D eigenvalue weighted by atomic mass is 35.5. The first-order valence-corrected chi connectivity index (χ1v) is 7.60. The summed E-state index contributed by atoms with van der Waals surface area (Å²) in [5.41, 5.74) is 0.567. The lowest BCUT2D eigenvalue weighted by Crippen LogP contribution is -2.41. The van der Waals surface area contributed by atoms with Crippen molar-refractivity contribution in [2.45, 2.75) is 37.5 Å². The molecule has 0 radical (unpaired) electrons. The van der Waals surface area contributed by atoms with Crippen LogP contribution in [0.25, 0.3) is 10.8 Å². The Balaban J connectivity index is 1.64. The summed E-state index contributed by atoms with van der Waals surface area (Å²) >= 11 is 6.09. The summed E-state index contributed by atoms with van der Waals surface area (Å²) in [6.45, 7) is 0. The fourth-order valence-corrected chi connectivity index (χ4v) is 3.59. The summed E-state index contributed by atoms with van der Waals surface area (Å²) in [4.78, 5) is 16.7. The molecule has 2 saturated heterocycles. The summed E-state index contributed by atoms with van der Waals surface area (Å²) in [7, 11) is 0. The van der Waals surface area contributed by atoms with E-state index in [1.807, 2.05) is 24.3 Å². The van der Waals surface area contributed by atoms with Gasteiger partial charge in [-0.2, -0.15) is 0 Å². The number of benzene rings is 1. The Morgan fingerprint density at radius 2 is 2.10 bits per heavy atom. The van der Waals surface area contributed by atoms with E-state index in [-0.39, 0.29) is 18.1 Å². The van der Waals surface area contributed by atoms with E-state index >= 15 is 0 Å². The zero-order valence-corrected chi connectivity index (χ0v) is 12.1. The van der Waals surface area contributed by atoms with Crippen molar-refractivity contribution in [3.63, 3.8) is 0 Å². The number of halogens is 1. The quantitative estimate of drug-likeness (QED) is 0.868. The number of pyridine rings is 1. The molecule has 3 unspecified atom stereocenters. The summed E-state index contributed by atoms with van der Waals surface area (Å²) in [6.07, 6.45) is 5.10. The molecule has 1 amide bonds. The van der Waals surface area contributed by atoms with Crippen LogP contribution in [-0.2, 0) is 4.74 Å². The summed E-state index contributed by atoms with van der Waals surface area (Å²) < 4.78 is 5.78. The molecule has 2 fully saturated rings. The zero-order valence-electron chi connectivity index (χ0n) is 11.4. The topological polar surface area (TPSA) is 51.2 Å². The smallest absolute Gasteiger partial charge is 0.253 e. The van der Waals surface area contributed by atoms with E-state index in [2.05, 4.69) is 10.3 Å². The second-order valence-corrected chi connectivity index (χ2v) is 6.06. The predicted molar refractivity (Wildman–Crippen MR) is 80.5 cm³/mol. The minimum atomic E-state index is -0.100. The fourth-order valence-electron chi connectivity index (χ4n) is 3.38. The first-order valence-electron chi connectivity index (χ1n) is 7.22. The fraction of sp³-hybridized carbons (Fsp3) is 0.375. The normalized spacial score (nSPS) is 27.2. The Labute approximate surface area is 127 Å². The standard InChI is InChI=1S/C16H15ClN2O2/c17-15-11-4-2-1-3-10(11)12(8-18-15)16(20)19-13-7-9-5-6-14(13)21-9/h1-4,8-9,13-14H,5-7H2,(H,19,20). The van der Waals surface area contributed by atoms with Gasteiger partial charge in [-0.15, -0.1) is 0 Å². The van der Waals surface area contributed by atoms with Gasteiger partial charge in [0.2, 0.25) is 0 Å². The summed E-state index contributed by atoms with van der Waals surface area (Å²) in [5.74, 6) is -0.100. The minimum Gasteiger partial charge on any atom is -0.373 e. The lowest BCUT2D eigenvalue weighted by Gasteiger charge is -2.20. The van der Waals surface area contributed by atoms with Crippen molar-refractivity contribution in [1.82, 2.24) is 10.3 Å². The van der Waals surface area contributed by atoms with Gasteiger partial charge in [-0.1, -0.05) is 35.9 Å².